The van der Waals surface area contributed by atoms with Gasteiger partial charge in [0.15, 0.2) is 0 Å². The molecule has 4 rings (SSSR count). The zero-order valence-corrected chi connectivity index (χ0v) is 19.1. The predicted octanol–water partition coefficient (Wildman–Crippen LogP) is 1.82. The van der Waals surface area contributed by atoms with Gasteiger partial charge in [0.1, 0.15) is 17.3 Å². The number of phenols is 2. The number of likely N-dealkylation sites (tertiary alicyclic amines) is 2. The predicted molar refractivity (Wildman–Crippen MR) is 128 cm³/mol. The van der Waals surface area contributed by atoms with Gasteiger partial charge >= 0.3 is 0 Å². The second-order valence-electron chi connectivity index (χ2n) is 9.02. The number of aromatic nitrogens is 1. The summed E-state index contributed by atoms with van der Waals surface area (Å²) < 4.78 is 0. The molecule has 3 heterocycles. The van der Waals surface area contributed by atoms with Crippen LogP contribution in [0, 0.1) is 11.8 Å². The van der Waals surface area contributed by atoms with Crippen molar-refractivity contribution >= 4 is 17.4 Å². The summed E-state index contributed by atoms with van der Waals surface area (Å²) in [5.74, 6) is 5.84. The number of nitrogens with zero attached hydrogens (tertiary/aromatic N) is 4. The number of phenolic OH excluding ortho intramolecular Hbond substituents is 2. The van der Waals surface area contributed by atoms with Gasteiger partial charge in [-0.3, -0.25) is 9.69 Å². The van der Waals surface area contributed by atoms with Gasteiger partial charge in [-0.1, -0.05) is 5.16 Å². The Labute approximate surface area is 198 Å². The molecule has 0 aliphatic carbocycles. The lowest BCUT2D eigenvalue weighted by molar-refractivity contribution is -0.138. The molecule has 2 aliphatic rings. The lowest BCUT2D eigenvalue weighted by Gasteiger charge is -2.37. The molecule has 0 spiro atoms. The third-order valence-electron chi connectivity index (χ3n) is 6.79. The Morgan fingerprint density at radius 2 is 1.76 bits per heavy atom. The maximum atomic E-state index is 13.2. The zero-order valence-electron chi connectivity index (χ0n) is 19.1. The van der Waals surface area contributed by atoms with Crippen LogP contribution < -0.4 is 11.6 Å². The molecule has 0 bridgehead atoms. The quantitative estimate of drug-likeness (QED) is 0.370. The summed E-state index contributed by atoms with van der Waals surface area (Å²) in [4.78, 5) is 26.0. The third-order valence-corrected chi connectivity index (χ3v) is 6.79. The van der Waals surface area contributed by atoms with Crippen molar-refractivity contribution in [3.05, 3.63) is 47.7 Å². The molecular formula is C24H32N6O4. The monoisotopic (exact) mass is 468 g/mol. The number of nitrogen functional groups attached to an aromatic ring is 1. The maximum Gasteiger partial charge on any atom is 0.225 e. The van der Waals surface area contributed by atoms with E-state index in [2.05, 4.69) is 20.0 Å². The van der Waals surface area contributed by atoms with Gasteiger partial charge in [0.2, 0.25) is 5.91 Å². The lowest BCUT2D eigenvalue weighted by atomic mass is 9.86. The minimum absolute atomic E-state index is 0.0160. The van der Waals surface area contributed by atoms with E-state index in [9.17, 15) is 15.0 Å². The van der Waals surface area contributed by atoms with Gasteiger partial charge in [-0.2, -0.15) is 0 Å². The molecule has 1 aromatic heterocycles. The molecule has 182 valence electrons. The van der Waals surface area contributed by atoms with Crippen LogP contribution in [0.2, 0.25) is 0 Å². The number of aromatic hydroxyl groups is 2. The van der Waals surface area contributed by atoms with Crippen LogP contribution in [-0.2, 0) is 16.3 Å². The minimum atomic E-state index is -0.0875. The number of hydrogen-bond acceptors (Lipinski definition) is 9. The molecule has 0 atom stereocenters. The smallest absolute Gasteiger partial charge is 0.225 e. The van der Waals surface area contributed by atoms with Crippen LogP contribution in [0.5, 0.6) is 11.5 Å². The molecule has 2 saturated heterocycles. The average Bonchev–Trinajstić information content (AvgIpc) is 2.83. The number of hydrogen-bond donors (Lipinski definition) is 4. The van der Waals surface area contributed by atoms with Gasteiger partial charge in [0.25, 0.3) is 0 Å². The Hall–Kier alpha value is -3.37. The summed E-state index contributed by atoms with van der Waals surface area (Å²) in [5, 5.41) is 23.8. The van der Waals surface area contributed by atoms with Crippen LogP contribution in [0.3, 0.4) is 0 Å². The molecule has 1 amide bonds. The number of carbonyl (C=O) groups is 1. The van der Waals surface area contributed by atoms with Crippen LogP contribution in [-0.4, -0.2) is 62.8 Å². The standard InChI is InChI=1S/C24H32N6O4/c25-22-13-16(3-8-27-22)15-29-9-4-18(5-10-29)24(33)30-11-6-17(7-12-30)23(28-34-26)20-2-1-19(31)14-21(20)32/h1-3,8,13-14,17-18,31-32H,4-7,9-12,15,26H2,(H2,25,27). The number of carbonyl (C=O) groups excluding carboxylic acids is 1. The summed E-state index contributed by atoms with van der Waals surface area (Å²) in [6.45, 7) is 3.79. The lowest BCUT2D eigenvalue weighted by Crippen LogP contribution is -2.46. The first kappa shape index (κ1) is 23.8. The Morgan fingerprint density at radius 1 is 1.06 bits per heavy atom. The van der Waals surface area contributed by atoms with Gasteiger partial charge in [-0.15, -0.1) is 5.90 Å². The average molecular weight is 469 g/mol. The Morgan fingerprint density at radius 3 is 2.41 bits per heavy atom. The van der Waals surface area contributed by atoms with E-state index in [1.165, 1.54) is 12.1 Å². The van der Waals surface area contributed by atoms with E-state index < -0.39 is 0 Å². The number of oxime groups is 1. The van der Waals surface area contributed by atoms with Crippen molar-refractivity contribution in [1.82, 2.24) is 14.8 Å². The third kappa shape index (κ3) is 5.57. The first-order valence-corrected chi connectivity index (χ1v) is 11.6. The van der Waals surface area contributed by atoms with E-state index in [4.69, 9.17) is 11.6 Å². The van der Waals surface area contributed by atoms with Crippen molar-refractivity contribution in [1.29, 1.82) is 0 Å². The van der Waals surface area contributed by atoms with Gasteiger partial charge < -0.3 is 25.8 Å². The molecule has 6 N–H and O–H groups in total. The topological polar surface area (TPSA) is 151 Å². The van der Waals surface area contributed by atoms with Gasteiger partial charge in [-0.05, 0) is 68.6 Å². The van der Waals surface area contributed by atoms with Gasteiger partial charge in [0, 0.05) is 49.3 Å². The fourth-order valence-electron chi connectivity index (χ4n) is 4.96. The number of pyridine rings is 1. The molecular weight excluding hydrogens is 436 g/mol. The fraction of sp³-hybridized carbons (Fsp3) is 0.458. The van der Waals surface area contributed by atoms with Crippen LogP contribution in [0.15, 0.2) is 41.7 Å². The number of anilines is 1. The summed E-state index contributed by atoms with van der Waals surface area (Å²) in [5.41, 5.74) is 7.91. The number of benzene rings is 1. The number of nitrogens with two attached hydrogens (primary N) is 2. The largest absolute Gasteiger partial charge is 0.508 e. The number of rotatable bonds is 6. The van der Waals surface area contributed by atoms with Crippen LogP contribution in [0.25, 0.3) is 0 Å². The van der Waals surface area contributed by atoms with Crippen molar-refractivity contribution in [2.45, 2.75) is 32.2 Å². The second-order valence-corrected chi connectivity index (χ2v) is 9.02. The van der Waals surface area contributed by atoms with Crippen molar-refractivity contribution in [3.63, 3.8) is 0 Å². The SMILES string of the molecule is NON=C(c1ccc(O)cc1O)C1CCN(C(=O)C2CCN(Cc3ccnc(N)c3)CC2)CC1. The highest BCUT2D eigenvalue weighted by atomic mass is 16.7. The molecule has 10 heteroatoms. The highest BCUT2D eigenvalue weighted by Gasteiger charge is 2.33. The van der Waals surface area contributed by atoms with Crippen LogP contribution in [0.4, 0.5) is 5.82 Å². The molecule has 1 aromatic carbocycles. The zero-order chi connectivity index (χ0) is 24.1. The Kier molecular flexibility index (Phi) is 7.49. The van der Waals surface area contributed by atoms with E-state index in [0.717, 1.165) is 38.0 Å². The van der Waals surface area contributed by atoms with E-state index >= 15 is 0 Å². The molecule has 10 nitrogen and oxygen atoms in total. The first-order valence-electron chi connectivity index (χ1n) is 11.6. The maximum absolute atomic E-state index is 13.2. The van der Waals surface area contributed by atoms with Crippen molar-refractivity contribution < 1.29 is 19.9 Å². The Balaban J connectivity index is 1.30. The van der Waals surface area contributed by atoms with Gasteiger partial charge in [-0.25, -0.2) is 4.98 Å². The van der Waals surface area contributed by atoms with Gasteiger partial charge in [0.05, 0.1) is 5.71 Å². The molecule has 0 radical (unpaired) electrons. The molecule has 2 fully saturated rings. The minimum Gasteiger partial charge on any atom is -0.508 e. The van der Waals surface area contributed by atoms with Crippen LogP contribution >= 0.6 is 0 Å². The van der Waals surface area contributed by atoms with Crippen molar-refractivity contribution in [2.24, 2.45) is 22.9 Å². The second kappa shape index (κ2) is 10.7. The fourth-order valence-corrected chi connectivity index (χ4v) is 4.96. The summed E-state index contributed by atoms with van der Waals surface area (Å²) in [7, 11) is 0. The highest BCUT2D eigenvalue weighted by molar-refractivity contribution is 6.04. The summed E-state index contributed by atoms with van der Waals surface area (Å²) in [6.07, 6.45) is 4.79. The van der Waals surface area contributed by atoms with Crippen LogP contribution in [0.1, 0.15) is 36.8 Å². The number of amides is 1. The van der Waals surface area contributed by atoms with E-state index in [1.54, 1.807) is 12.3 Å². The molecule has 34 heavy (non-hydrogen) atoms. The van der Waals surface area contributed by atoms with E-state index in [1.807, 2.05) is 17.0 Å². The van der Waals surface area contributed by atoms with E-state index in [0.29, 0.717) is 43.0 Å². The van der Waals surface area contributed by atoms with Crippen molar-refractivity contribution in [3.8, 4) is 11.5 Å². The van der Waals surface area contributed by atoms with Crippen molar-refractivity contribution in [2.75, 3.05) is 31.9 Å². The summed E-state index contributed by atoms with van der Waals surface area (Å²) in [6, 6.07) is 8.20. The Bertz CT molecular complexity index is 1030. The molecule has 0 saturated carbocycles. The highest BCUT2D eigenvalue weighted by Crippen LogP contribution is 2.31. The normalized spacial score (nSPS) is 18.7. The molecule has 2 aliphatic heterocycles. The summed E-state index contributed by atoms with van der Waals surface area (Å²) >= 11 is 0. The van der Waals surface area contributed by atoms with E-state index in [-0.39, 0.29) is 29.2 Å². The molecule has 0 unspecified atom stereocenters. The molecule has 2 aromatic rings. The first-order chi connectivity index (χ1) is 16.4. The number of piperidine rings is 2.